The number of carboxylic acid groups (broad SMARTS) is 1. The second-order valence-electron chi connectivity index (χ2n) is 7.64. The molecule has 0 spiro atoms. The SMILES string of the molecule is Cc1ccc(C(=O)N2CCCC(C(=O)N(C)Cc3cc(C(=O)O)c(C)o3)C2)cc1. The topological polar surface area (TPSA) is 91.1 Å². The number of amides is 2. The van der Waals surface area contributed by atoms with Gasteiger partial charge in [0, 0.05) is 25.7 Å². The van der Waals surface area contributed by atoms with Gasteiger partial charge in [-0.1, -0.05) is 17.7 Å². The number of likely N-dealkylation sites (tertiary alicyclic amines) is 1. The first kappa shape index (κ1) is 20.6. The molecule has 2 amide bonds. The van der Waals surface area contributed by atoms with Gasteiger partial charge < -0.3 is 19.3 Å². The predicted molar refractivity (Wildman–Crippen MR) is 107 cm³/mol. The molecule has 0 radical (unpaired) electrons. The molecule has 7 nitrogen and oxygen atoms in total. The lowest BCUT2D eigenvalue weighted by Gasteiger charge is -2.34. The molecule has 1 fully saturated rings. The fraction of sp³-hybridized carbons (Fsp3) is 0.409. The van der Waals surface area contributed by atoms with Crippen LogP contribution in [-0.4, -0.2) is 52.8 Å². The molecule has 1 aromatic heterocycles. The molecule has 0 aliphatic carbocycles. The van der Waals surface area contributed by atoms with Crippen molar-refractivity contribution in [1.29, 1.82) is 0 Å². The number of aryl methyl sites for hydroxylation is 2. The standard InChI is InChI=1S/C22H26N2O5/c1-14-6-8-16(9-7-14)21(26)24-10-4-5-17(12-24)20(25)23(3)13-18-11-19(22(27)28)15(2)29-18/h6-9,11,17H,4-5,10,12-13H2,1-3H3,(H,27,28). The van der Waals surface area contributed by atoms with Crippen molar-refractivity contribution in [3.63, 3.8) is 0 Å². The van der Waals surface area contributed by atoms with E-state index in [1.54, 1.807) is 18.9 Å². The summed E-state index contributed by atoms with van der Waals surface area (Å²) < 4.78 is 5.47. The van der Waals surface area contributed by atoms with Gasteiger partial charge in [0.25, 0.3) is 5.91 Å². The zero-order valence-corrected chi connectivity index (χ0v) is 17.0. The second kappa shape index (κ2) is 8.51. The zero-order valence-electron chi connectivity index (χ0n) is 17.0. The Balaban J connectivity index is 1.64. The predicted octanol–water partition coefficient (Wildman–Crippen LogP) is 3.11. The number of nitrogens with zero attached hydrogens (tertiary/aromatic N) is 2. The molecular weight excluding hydrogens is 372 g/mol. The third kappa shape index (κ3) is 4.67. The monoisotopic (exact) mass is 398 g/mol. The smallest absolute Gasteiger partial charge is 0.339 e. The van der Waals surface area contributed by atoms with Crippen LogP contribution in [-0.2, 0) is 11.3 Å². The number of furan rings is 1. The van der Waals surface area contributed by atoms with Crippen LogP contribution >= 0.6 is 0 Å². The van der Waals surface area contributed by atoms with Crippen LogP contribution in [0.4, 0.5) is 0 Å². The molecule has 1 saturated heterocycles. The van der Waals surface area contributed by atoms with Crippen LogP contribution < -0.4 is 0 Å². The Bertz CT molecular complexity index is 916. The molecule has 1 atom stereocenters. The summed E-state index contributed by atoms with van der Waals surface area (Å²) >= 11 is 0. The van der Waals surface area contributed by atoms with E-state index in [1.807, 2.05) is 31.2 Å². The lowest BCUT2D eigenvalue weighted by Crippen LogP contribution is -2.45. The second-order valence-corrected chi connectivity index (χ2v) is 7.64. The van der Waals surface area contributed by atoms with Crippen LogP contribution in [0.3, 0.4) is 0 Å². The minimum absolute atomic E-state index is 0.0575. The molecule has 1 N–H and O–H groups in total. The first-order chi connectivity index (χ1) is 13.8. The average molecular weight is 398 g/mol. The Kier molecular flexibility index (Phi) is 6.06. The Morgan fingerprint density at radius 2 is 1.90 bits per heavy atom. The van der Waals surface area contributed by atoms with Crippen LogP contribution in [0, 0.1) is 19.8 Å². The van der Waals surface area contributed by atoms with E-state index in [0.717, 1.165) is 18.4 Å². The van der Waals surface area contributed by atoms with Gasteiger partial charge in [-0.3, -0.25) is 9.59 Å². The summed E-state index contributed by atoms with van der Waals surface area (Å²) in [5.74, 6) is -0.711. The van der Waals surface area contributed by atoms with Gasteiger partial charge in [-0.25, -0.2) is 4.79 Å². The number of hydrogen-bond acceptors (Lipinski definition) is 4. The Morgan fingerprint density at radius 1 is 1.21 bits per heavy atom. The van der Waals surface area contributed by atoms with E-state index in [2.05, 4.69) is 0 Å². The number of carbonyl (C=O) groups excluding carboxylic acids is 2. The molecular formula is C22H26N2O5. The van der Waals surface area contributed by atoms with Crippen LogP contribution in [0.25, 0.3) is 0 Å². The quantitative estimate of drug-likeness (QED) is 0.836. The van der Waals surface area contributed by atoms with E-state index in [9.17, 15) is 14.4 Å². The largest absolute Gasteiger partial charge is 0.478 e. The van der Waals surface area contributed by atoms with Crippen LogP contribution in [0.15, 0.2) is 34.7 Å². The number of carboxylic acids is 1. The van der Waals surface area contributed by atoms with Crippen molar-refractivity contribution in [1.82, 2.24) is 9.80 Å². The Morgan fingerprint density at radius 3 is 2.52 bits per heavy atom. The molecule has 3 rings (SSSR count). The van der Waals surface area contributed by atoms with Crippen LogP contribution in [0.1, 0.15) is 50.6 Å². The maximum atomic E-state index is 12.9. The number of piperidine rings is 1. The van der Waals surface area contributed by atoms with Gasteiger partial charge in [0.1, 0.15) is 17.1 Å². The highest BCUT2D eigenvalue weighted by Crippen LogP contribution is 2.22. The van der Waals surface area contributed by atoms with E-state index in [4.69, 9.17) is 9.52 Å². The van der Waals surface area contributed by atoms with Gasteiger partial charge >= 0.3 is 5.97 Å². The Labute approximate surface area is 169 Å². The van der Waals surface area contributed by atoms with Gasteiger partial charge in [0.2, 0.25) is 5.91 Å². The number of hydrogen-bond donors (Lipinski definition) is 1. The minimum Gasteiger partial charge on any atom is -0.478 e. The number of aromatic carboxylic acids is 1. The average Bonchev–Trinajstić information content (AvgIpc) is 3.07. The van der Waals surface area contributed by atoms with Crippen molar-refractivity contribution in [2.24, 2.45) is 5.92 Å². The number of rotatable bonds is 5. The fourth-order valence-corrected chi connectivity index (χ4v) is 3.70. The number of carbonyl (C=O) groups is 3. The highest BCUT2D eigenvalue weighted by atomic mass is 16.4. The molecule has 1 aliphatic heterocycles. The maximum Gasteiger partial charge on any atom is 0.339 e. The highest BCUT2D eigenvalue weighted by molar-refractivity contribution is 5.94. The maximum absolute atomic E-state index is 12.9. The van der Waals surface area contributed by atoms with Crippen molar-refractivity contribution < 1.29 is 23.9 Å². The summed E-state index contributed by atoms with van der Waals surface area (Å²) in [5, 5.41) is 9.14. The molecule has 0 saturated carbocycles. The Hall–Kier alpha value is -3.09. The molecule has 1 unspecified atom stereocenters. The summed E-state index contributed by atoms with van der Waals surface area (Å²) in [4.78, 5) is 40.1. The third-order valence-corrected chi connectivity index (χ3v) is 5.32. The van der Waals surface area contributed by atoms with E-state index in [1.165, 1.54) is 11.0 Å². The first-order valence-corrected chi connectivity index (χ1v) is 9.69. The van der Waals surface area contributed by atoms with Crippen molar-refractivity contribution in [3.8, 4) is 0 Å². The molecule has 154 valence electrons. The van der Waals surface area contributed by atoms with Gasteiger partial charge in [-0.2, -0.15) is 0 Å². The van der Waals surface area contributed by atoms with Crippen molar-refractivity contribution in [2.45, 2.75) is 33.2 Å². The summed E-state index contributed by atoms with van der Waals surface area (Å²) in [6.07, 6.45) is 1.49. The first-order valence-electron chi connectivity index (χ1n) is 9.69. The molecule has 2 heterocycles. The van der Waals surface area contributed by atoms with Crippen molar-refractivity contribution in [2.75, 3.05) is 20.1 Å². The van der Waals surface area contributed by atoms with Crippen molar-refractivity contribution >= 4 is 17.8 Å². The minimum atomic E-state index is -1.05. The lowest BCUT2D eigenvalue weighted by atomic mass is 9.96. The summed E-state index contributed by atoms with van der Waals surface area (Å²) in [7, 11) is 1.67. The number of benzene rings is 1. The van der Waals surface area contributed by atoms with Gasteiger partial charge in [0.05, 0.1) is 12.5 Å². The molecule has 29 heavy (non-hydrogen) atoms. The normalized spacial score (nSPS) is 16.5. The fourth-order valence-electron chi connectivity index (χ4n) is 3.70. The lowest BCUT2D eigenvalue weighted by molar-refractivity contribution is -0.136. The molecule has 1 aromatic carbocycles. The molecule has 0 bridgehead atoms. The summed E-state index contributed by atoms with van der Waals surface area (Å²) in [5.41, 5.74) is 1.83. The van der Waals surface area contributed by atoms with Crippen LogP contribution in [0.5, 0.6) is 0 Å². The summed E-state index contributed by atoms with van der Waals surface area (Å²) in [6, 6.07) is 8.90. The van der Waals surface area contributed by atoms with Gasteiger partial charge in [0.15, 0.2) is 0 Å². The molecule has 2 aromatic rings. The van der Waals surface area contributed by atoms with E-state index in [-0.39, 0.29) is 29.8 Å². The van der Waals surface area contributed by atoms with Crippen molar-refractivity contribution in [3.05, 3.63) is 58.5 Å². The van der Waals surface area contributed by atoms with Gasteiger partial charge in [-0.05, 0) is 44.9 Å². The summed E-state index contributed by atoms with van der Waals surface area (Å²) in [6.45, 7) is 4.77. The van der Waals surface area contributed by atoms with E-state index >= 15 is 0 Å². The van der Waals surface area contributed by atoms with E-state index in [0.29, 0.717) is 30.2 Å². The molecule has 1 aliphatic rings. The van der Waals surface area contributed by atoms with Crippen LogP contribution in [0.2, 0.25) is 0 Å². The third-order valence-electron chi connectivity index (χ3n) is 5.32. The zero-order chi connectivity index (χ0) is 21.1. The highest BCUT2D eigenvalue weighted by Gasteiger charge is 2.31. The molecule has 7 heteroatoms. The van der Waals surface area contributed by atoms with E-state index < -0.39 is 5.97 Å². The van der Waals surface area contributed by atoms with Gasteiger partial charge in [-0.15, -0.1) is 0 Å².